The SMILES string of the molecule is CC(C)(F)c1nc2ncc(Br)cc2[nH]1. The highest BCUT2D eigenvalue weighted by Crippen LogP contribution is 2.24. The van der Waals surface area contributed by atoms with Gasteiger partial charge in [0.1, 0.15) is 5.82 Å². The molecule has 0 radical (unpaired) electrons. The second kappa shape index (κ2) is 3.02. The molecule has 0 fully saturated rings. The summed E-state index contributed by atoms with van der Waals surface area (Å²) in [5, 5.41) is 0. The number of H-pyrrole nitrogens is 1. The van der Waals surface area contributed by atoms with Crippen molar-refractivity contribution < 1.29 is 4.39 Å². The minimum absolute atomic E-state index is 0.304. The number of aromatic nitrogens is 3. The van der Waals surface area contributed by atoms with Crippen molar-refractivity contribution in [1.82, 2.24) is 15.0 Å². The Hall–Kier alpha value is -0.970. The van der Waals surface area contributed by atoms with E-state index in [-0.39, 0.29) is 0 Å². The first kappa shape index (κ1) is 9.58. The molecular formula is C9H9BrFN3. The van der Waals surface area contributed by atoms with Crippen LogP contribution in [0, 0.1) is 0 Å². The molecule has 0 aromatic carbocycles. The molecule has 2 aromatic heterocycles. The van der Waals surface area contributed by atoms with Crippen LogP contribution >= 0.6 is 15.9 Å². The second-order valence-corrected chi connectivity index (χ2v) is 4.50. The summed E-state index contributed by atoms with van der Waals surface area (Å²) in [5.41, 5.74) is -0.193. The monoisotopic (exact) mass is 257 g/mol. The standard InChI is InChI=1S/C9H9BrFN3/c1-9(2,11)8-13-6-3-5(10)4-12-7(6)14-8/h3-4H,1-2H3,(H,12,13,14). The van der Waals surface area contributed by atoms with Crippen LogP contribution in [-0.4, -0.2) is 15.0 Å². The van der Waals surface area contributed by atoms with Gasteiger partial charge < -0.3 is 4.98 Å². The Kier molecular flexibility index (Phi) is 2.06. The Morgan fingerprint density at radius 2 is 2.21 bits per heavy atom. The number of rotatable bonds is 1. The van der Waals surface area contributed by atoms with Crippen molar-refractivity contribution in [2.24, 2.45) is 0 Å². The summed E-state index contributed by atoms with van der Waals surface area (Å²) < 4.78 is 14.4. The summed E-state index contributed by atoms with van der Waals surface area (Å²) in [6.45, 7) is 2.92. The largest absolute Gasteiger partial charge is 0.338 e. The fraction of sp³-hybridized carbons (Fsp3) is 0.333. The van der Waals surface area contributed by atoms with Crippen LogP contribution in [0.15, 0.2) is 16.7 Å². The van der Waals surface area contributed by atoms with Gasteiger partial charge in [0.05, 0.1) is 5.52 Å². The predicted molar refractivity (Wildman–Crippen MR) is 55.7 cm³/mol. The maximum absolute atomic E-state index is 13.5. The molecule has 0 bridgehead atoms. The van der Waals surface area contributed by atoms with Crippen molar-refractivity contribution in [3.8, 4) is 0 Å². The molecule has 3 nitrogen and oxygen atoms in total. The number of alkyl halides is 1. The molecule has 1 N–H and O–H groups in total. The zero-order valence-electron chi connectivity index (χ0n) is 7.81. The van der Waals surface area contributed by atoms with Crippen molar-refractivity contribution in [2.45, 2.75) is 19.5 Å². The zero-order chi connectivity index (χ0) is 10.3. The number of fused-ring (bicyclic) bond motifs is 1. The summed E-state index contributed by atoms with van der Waals surface area (Å²) in [6.07, 6.45) is 1.64. The van der Waals surface area contributed by atoms with Gasteiger partial charge in [0.15, 0.2) is 11.3 Å². The minimum atomic E-state index is -1.47. The van der Waals surface area contributed by atoms with Crippen molar-refractivity contribution in [2.75, 3.05) is 0 Å². The lowest BCUT2D eigenvalue weighted by Gasteiger charge is -2.08. The average Bonchev–Trinajstić information content (AvgIpc) is 2.45. The van der Waals surface area contributed by atoms with Crippen LogP contribution in [0.3, 0.4) is 0 Å². The Balaban J connectivity index is 2.63. The maximum Gasteiger partial charge on any atom is 0.177 e. The lowest BCUT2D eigenvalue weighted by Crippen LogP contribution is -2.10. The number of nitrogens with zero attached hydrogens (tertiary/aromatic N) is 2. The summed E-state index contributed by atoms with van der Waals surface area (Å²) in [6, 6.07) is 1.82. The van der Waals surface area contributed by atoms with Gasteiger partial charge >= 0.3 is 0 Å². The number of hydrogen-bond acceptors (Lipinski definition) is 2. The van der Waals surface area contributed by atoms with Gasteiger partial charge in [-0.15, -0.1) is 0 Å². The summed E-state index contributed by atoms with van der Waals surface area (Å²) in [7, 11) is 0. The van der Waals surface area contributed by atoms with Crippen LogP contribution in [-0.2, 0) is 5.67 Å². The van der Waals surface area contributed by atoms with E-state index in [2.05, 4.69) is 30.9 Å². The molecule has 0 aliphatic rings. The van der Waals surface area contributed by atoms with Crippen LogP contribution < -0.4 is 0 Å². The number of imidazole rings is 1. The maximum atomic E-state index is 13.5. The van der Waals surface area contributed by atoms with E-state index in [1.54, 1.807) is 6.20 Å². The normalized spacial score (nSPS) is 12.3. The molecule has 0 saturated heterocycles. The number of nitrogens with one attached hydrogen (secondary N) is 1. The molecule has 2 heterocycles. The highest BCUT2D eigenvalue weighted by Gasteiger charge is 2.23. The molecule has 0 unspecified atom stereocenters. The third-order valence-electron chi connectivity index (χ3n) is 1.87. The van der Waals surface area contributed by atoms with Crippen molar-refractivity contribution in [3.05, 3.63) is 22.6 Å². The van der Waals surface area contributed by atoms with Crippen LogP contribution in [0.5, 0.6) is 0 Å². The number of halogens is 2. The van der Waals surface area contributed by atoms with E-state index in [1.165, 1.54) is 13.8 Å². The summed E-state index contributed by atoms with van der Waals surface area (Å²) in [5.74, 6) is 0.304. The predicted octanol–water partition coefficient (Wildman–Crippen LogP) is 2.93. The van der Waals surface area contributed by atoms with E-state index in [4.69, 9.17) is 0 Å². The van der Waals surface area contributed by atoms with Crippen LogP contribution in [0.2, 0.25) is 0 Å². The van der Waals surface area contributed by atoms with Gasteiger partial charge in [0.2, 0.25) is 0 Å². The molecular weight excluding hydrogens is 249 g/mol. The van der Waals surface area contributed by atoms with Gasteiger partial charge in [-0.25, -0.2) is 14.4 Å². The van der Waals surface area contributed by atoms with E-state index >= 15 is 0 Å². The Morgan fingerprint density at radius 3 is 2.86 bits per heavy atom. The third-order valence-corrected chi connectivity index (χ3v) is 2.30. The van der Waals surface area contributed by atoms with Crippen LogP contribution in [0.4, 0.5) is 4.39 Å². The Morgan fingerprint density at radius 1 is 1.50 bits per heavy atom. The molecule has 2 aromatic rings. The van der Waals surface area contributed by atoms with Crippen molar-refractivity contribution >= 4 is 27.1 Å². The first-order chi connectivity index (χ1) is 6.47. The molecule has 0 aliphatic carbocycles. The molecule has 14 heavy (non-hydrogen) atoms. The summed E-state index contributed by atoms with van der Waals surface area (Å²) >= 11 is 3.29. The average molecular weight is 258 g/mol. The van der Waals surface area contributed by atoms with Crippen molar-refractivity contribution in [3.63, 3.8) is 0 Å². The van der Waals surface area contributed by atoms with Gasteiger partial charge in [0.25, 0.3) is 0 Å². The third kappa shape index (κ3) is 1.64. The number of pyridine rings is 1. The molecule has 0 atom stereocenters. The van der Waals surface area contributed by atoms with Gasteiger partial charge in [-0.05, 0) is 35.8 Å². The van der Waals surface area contributed by atoms with E-state index < -0.39 is 5.67 Å². The van der Waals surface area contributed by atoms with Gasteiger partial charge in [-0.3, -0.25) is 0 Å². The van der Waals surface area contributed by atoms with Gasteiger partial charge in [0, 0.05) is 10.7 Å². The number of aromatic amines is 1. The fourth-order valence-corrected chi connectivity index (χ4v) is 1.49. The van der Waals surface area contributed by atoms with Crippen LogP contribution in [0.1, 0.15) is 19.7 Å². The zero-order valence-corrected chi connectivity index (χ0v) is 9.39. The topological polar surface area (TPSA) is 41.6 Å². The minimum Gasteiger partial charge on any atom is -0.338 e. The molecule has 0 spiro atoms. The molecule has 0 aliphatic heterocycles. The second-order valence-electron chi connectivity index (χ2n) is 3.58. The quantitative estimate of drug-likeness (QED) is 0.854. The molecule has 74 valence electrons. The van der Waals surface area contributed by atoms with Gasteiger partial charge in [-0.2, -0.15) is 0 Å². The molecule has 0 saturated carbocycles. The van der Waals surface area contributed by atoms with Crippen LogP contribution in [0.25, 0.3) is 11.2 Å². The number of hydrogen-bond donors (Lipinski definition) is 1. The highest BCUT2D eigenvalue weighted by atomic mass is 79.9. The lowest BCUT2D eigenvalue weighted by molar-refractivity contribution is 0.208. The van der Waals surface area contributed by atoms with E-state index in [1.807, 2.05) is 6.07 Å². The smallest absolute Gasteiger partial charge is 0.177 e. The van der Waals surface area contributed by atoms with Crippen molar-refractivity contribution in [1.29, 1.82) is 0 Å². The fourth-order valence-electron chi connectivity index (χ4n) is 1.16. The Bertz CT molecular complexity index is 472. The molecule has 0 amide bonds. The first-order valence-corrected chi connectivity index (χ1v) is 4.97. The summed E-state index contributed by atoms with van der Waals surface area (Å²) in [4.78, 5) is 11.0. The van der Waals surface area contributed by atoms with E-state index in [0.29, 0.717) is 11.5 Å². The Labute approximate surface area is 88.9 Å². The highest BCUT2D eigenvalue weighted by molar-refractivity contribution is 9.10. The first-order valence-electron chi connectivity index (χ1n) is 4.17. The molecule has 5 heteroatoms. The van der Waals surface area contributed by atoms with Gasteiger partial charge in [-0.1, -0.05) is 0 Å². The van der Waals surface area contributed by atoms with E-state index in [9.17, 15) is 4.39 Å². The van der Waals surface area contributed by atoms with E-state index in [0.717, 1.165) is 9.99 Å². The molecule has 2 rings (SSSR count). The lowest BCUT2D eigenvalue weighted by atomic mass is 10.2.